The number of carbonyl (C=O) groups is 1. The molecule has 0 aromatic heterocycles. The smallest absolute Gasteiger partial charge is 0.282 e. The molecule has 0 bridgehead atoms. The molecule has 114 valence electrons. The molecule has 1 N–H and O–H groups in total. The van der Waals surface area contributed by atoms with Crippen LogP contribution in [0.1, 0.15) is 30.1 Å². The van der Waals surface area contributed by atoms with E-state index in [4.69, 9.17) is 0 Å². The molecular weight excluding hydrogens is 277 g/mol. The predicted molar refractivity (Wildman–Crippen MR) is 75.7 cm³/mol. The van der Waals surface area contributed by atoms with E-state index in [0.717, 1.165) is 50.7 Å². The molecule has 21 heavy (non-hydrogen) atoms. The summed E-state index contributed by atoms with van der Waals surface area (Å²) in [5, 5.41) is 13.7. The van der Waals surface area contributed by atoms with Crippen LogP contribution >= 0.6 is 0 Å². The van der Waals surface area contributed by atoms with Gasteiger partial charge in [-0.15, -0.1) is 0 Å². The number of nitro benzene ring substituents is 1. The van der Waals surface area contributed by atoms with Crippen LogP contribution in [0.5, 0.6) is 0 Å². The minimum Gasteiger partial charge on any atom is -0.349 e. The minimum absolute atomic E-state index is 0.0248. The fraction of sp³-hybridized carbons (Fsp3) is 0.500. The second kappa shape index (κ2) is 6.62. The molecule has 0 radical (unpaired) electrons. The fourth-order valence-corrected chi connectivity index (χ4v) is 2.51. The zero-order valence-electron chi connectivity index (χ0n) is 11.8. The lowest BCUT2D eigenvalue weighted by Gasteiger charge is -2.31. The van der Waals surface area contributed by atoms with Crippen LogP contribution in [0.2, 0.25) is 0 Å². The van der Waals surface area contributed by atoms with Gasteiger partial charge in [-0.25, -0.2) is 4.39 Å². The number of likely N-dealkylation sites (tertiary alicyclic amines) is 1. The number of piperidine rings is 1. The lowest BCUT2D eigenvalue weighted by Crippen LogP contribution is -2.44. The molecule has 1 heterocycles. The van der Waals surface area contributed by atoms with Crippen molar-refractivity contribution in [1.82, 2.24) is 10.2 Å². The van der Waals surface area contributed by atoms with E-state index in [-0.39, 0.29) is 17.3 Å². The summed E-state index contributed by atoms with van der Waals surface area (Å²) in [6, 6.07) is 2.89. The zero-order valence-corrected chi connectivity index (χ0v) is 11.8. The second-order valence-corrected chi connectivity index (χ2v) is 5.10. The number of rotatable bonds is 4. The third-order valence-corrected chi connectivity index (χ3v) is 3.77. The Bertz CT molecular complexity index is 542. The highest BCUT2D eigenvalue weighted by atomic mass is 19.1. The summed E-state index contributed by atoms with van der Waals surface area (Å²) in [5.41, 5.74) is -0.599. The number of carbonyl (C=O) groups excluding carboxylic acids is 1. The molecule has 7 heteroatoms. The van der Waals surface area contributed by atoms with Crippen LogP contribution in [0.4, 0.5) is 10.1 Å². The maximum atomic E-state index is 13.2. The molecule has 1 amide bonds. The Hall–Kier alpha value is -2.02. The van der Waals surface area contributed by atoms with Gasteiger partial charge in [-0.3, -0.25) is 14.9 Å². The van der Waals surface area contributed by atoms with E-state index < -0.39 is 16.6 Å². The Morgan fingerprint density at radius 3 is 2.71 bits per heavy atom. The van der Waals surface area contributed by atoms with Crippen LogP contribution in [0.15, 0.2) is 18.2 Å². The minimum atomic E-state index is -0.673. The van der Waals surface area contributed by atoms with Crippen molar-refractivity contribution in [3.05, 3.63) is 39.7 Å². The van der Waals surface area contributed by atoms with E-state index in [9.17, 15) is 19.3 Å². The molecule has 2 rings (SSSR count). The topological polar surface area (TPSA) is 75.5 Å². The maximum absolute atomic E-state index is 13.2. The van der Waals surface area contributed by atoms with Gasteiger partial charge in [0.25, 0.3) is 11.6 Å². The first-order chi connectivity index (χ1) is 10.0. The predicted octanol–water partition coefficient (Wildman–Crippen LogP) is 1.95. The molecule has 1 aromatic rings. The molecule has 1 saturated heterocycles. The molecule has 0 unspecified atom stereocenters. The Morgan fingerprint density at radius 1 is 1.48 bits per heavy atom. The summed E-state index contributed by atoms with van der Waals surface area (Å²) in [7, 11) is 0. The number of amides is 1. The second-order valence-electron chi connectivity index (χ2n) is 5.10. The lowest BCUT2D eigenvalue weighted by molar-refractivity contribution is -0.385. The van der Waals surface area contributed by atoms with E-state index in [0.29, 0.717) is 0 Å². The first-order valence-electron chi connectivity index (χ1n) is 6.98. The number of nitrogens with zero attached hydrogens (tertiary/aromatic N) is 2. The number of nitrogens with one attached hydrogen (secondary N) is 1. The number of hydrogen-bond donors (Lipinski definition) is 1. The summed E-state index contributed by atoms with van der Waals surface area (Å²) in [6.07, 6.45) is 1.59. The average Bonchev–Trinajstić information content (AvgIpc) is 2.47. The first kappa shape index (κ1) is 15.4. The van der Waals surface area contributed by atoms with Crippen LogP contribution in [-0.2, 0) is 0 Å². The number of halogens is 1. The monoisotopic (exact) mass is 295 g/mol. The largest absolute Gasteiger partial charge is 0.349 e. The average molecular weight is 295 g/mol. The third-order valence-electron chi connectivity index (χ3n) is 3.77. The summed E-state index contributed by atoms with van der Waals surface area (Å²) in [5.74, 6) is -1.25. The van der Waals surface area contributed by atoms with Crippen molar-refractivity contribution in [1.29, 1.82) is 0 Å². The molecule has 1 aliphatic rings. The lowest BCUT2D eigenvalue weighted by atomic mass is 10.0. The summed E-state index contributed by atoms with van der Waals surface area (Å²) in [6.45, 7) is 4.81. The molecular formula is C14H18FN3O3. The molecule has 1 aliphatic heterocycles. The highest BCUT2D eigenvalue weighted by Crippen LogP contribution is 2.20. The highest BCUT2D eigenvalue weighted by Gasteiger charge is 2.25. The SMILES string of the molecule is CCN1CCC(NC(=O)c2cc(F)ccc2[N+](=O)[O-])CC1. The van der Waals surface area contributed by atoms with Crippen LogP contribution in [-0.4, -0.2) is 41.4 Å². The van der Waals surface area contributed by atoms with Gasteiger partial charge in [0.2, 0.25) is 0 Å². The summed E-state index contributed by atoms with van der Waals surface area (Å²) >= 11 is 0. The van der Waals surface area contributed by atoms with Crippen molar-refractivity contribution < 1.29 is 14.1 Å². The van der Waals surface area contributed by atoms with E-state index in [1.54, 1.807) is 0 Å². The van der Waals surface area contributed by atoms with Crippen LogP contribution in [0.25, 0.3) is 0 Å². The van der Waals surface area contributed by atoms with Gasteiger partial charge in [-0.05, 0) is 31.5 Å². The highest BCUT2D eigenvalue weighted by molar-refractivity contribution is 5.98. The van der Waals surface area contributed by atoms with Gasteiger partial charge in [0.1, 0.15) is 11.4 Å². The van der Waals surface area contributed by atoms with Gasteiger partial charge < -0.3 is 10.2 Å². The van der Waals surface area contributed by atoms with E-state index >= 15 is 0 Å². The van der Waals surface area contributed by atoms with Crippen LogP contribution in [0.3, 0.4) is 0 Å². The van der Waals surface area contributed by atoms with Crippen molar-refractivity contribution in [3.8, 4) is 0 Å². The van der Waals surface area contributed by atoms with Gasteiger partial charge in [0.15, 0.2) is 0 Å². The van der Waals surface area contributed by atoms with Gasteiger partial charge in [0, 0.05) is 25.2 Å². The van der Waals surface area contributed by atoms with Gasteiger partial charge >= 0.3 is 0 Å². The van der Waals surface area contributed by atoms with Crippen molar-refractivity contribution in [2.75, 3.05) is 19.6 Å². The van der Waals surface area contributed by atoms with Crippen molar-refractivity contribution in [2.24, 2.45) is 0 Å². The maximum Gasteiger partial charge on any atom is 0.282 e. The Kier molecular flexibility index (Phi) is 4.85. The Labute approximate surface area is 122 Å². The standard InChI is InChI=1S/C14H18FN3O3/c1-2-17-7-5-11(6-8-17)16-14(19)12-9-10(15)3-4-13(12)18(20)21/h3-4,9,11H,2,5-8H2,1H3,(H,16,19). The molecule has 6 nitrogen and oxygen atoms in total. The van der Waals surface area contributed by atoms with Gasteiger partial charge in [-0.1, -0.05) is 6.92 Å². The third kappa shape index (κ3) is 3.75. The Balaban J connectivity index is 2.07. The van der Waals surface area contributed by atoms with Crippen molar-refractivity contribution >= 4 is 11.6 Å². The zero-order chi connectivity index (χ0) is 15.4. The molecule has 1 fully saturated rings. The van der Waals surface area contributed by atoms with E-state index in [1.807, 2.05) is 0 Å². The molecule has 0 spiro atoms. The molecule has 0 saturated carbocycles. The number of benzene rings is 1. The fourth-order valence-electron chi connectivity index (χ4n) is 2.51. The first-order valence-corrected chi connectivity index (χ1v) is 6.98. The summed E-state index contributed by atoms with van der Waals surface area (Å²) in [4.78, 5) is 24.7. The normalized spacial score (nSPS) is 16.7. The van der Waals surface area contributed by atoms with Crippen molar-refractivity contribution in [2.45, 2.75) is 25.8 Å². The van der Waals surface area contributed by atoms with Gasteiger partial charge in [0.05, 0.1) is 4.92 Å². The Morgan fingerprint density at radius 2 is 2.14 bits per heavy atom. The quantitative estimate of drug-likeness (QED) is 0.680. The molecule has 0 aliphatic carbocycles. The van der Waals surface area contributed by atoms with Crippen LogP contribution in [0, 0.1) is 15.9 Å². The van der Waals surface area contributed by atoms with Gasteiger partial charge in [-0.2, -0.15) is 0 Å². The summed E-state index contributed by atoms with van der Waals surface area (Å²) < 4.78 is 13.2. The van der Waals surface area contributed by atoms with E-state index in [1.165, 1.54) is 0 Å². The van der Waals surface area contributed by atoms with Crippen molar-refractivity contribution in [3.63, 3.8) is 0 Å². The van der Waals surface area contributed by atoms with E-state index in [2.05, 4.69) is 17.1 Å². The molecule has 1 aromatic carbocycles. The van der Waals surface area contributed by atoms with Crippen LogP contribution < -0.4 is 5.32 Å². The molecule has 0 atom stereocenters. The number of hydrogen-bond acceptors (Lipinski definition) is 4. The number of nitro groups is 1.